The van der Waals surface area contributed by atoms with E-state index in [-0.39, 0.29) is 30.8 Å². The first-order valence-corrected chi connectivity index (χ1v) is 4.28. The van der Waals surface area contributed by atoms with Gasteiger partial charge in [-0.05, 0) is 36.6 Å². The van der Waals surface area contributed by atoms with Gasteiger partial charge in [-0.2, -0.15) is 0 Å². The molecule has 0 aliphatic carbocycles. The summed E-state index contributed by atoms with van der Waals surface area (Å²) in [7, 11) is 0. The molecule has 0 saturated carbocycles. The van der Waals surface area contributed by atoms with Gasteiger partial charge in [0.15, 0.2) is 0 Å². The molecule has 0 spiro atoms. The standard InChI is InChI=1S/C10H15NO2.ClH/c1-7-2-3-10(13)5-8(7)4-9(11)6-12;/h2-3,5,9,12-13H,4,6,11H2,1H3;1H. The van der Waals surface area contributed by atoms with Gasteiger partial charge < -0.3 is 15.9 Å². The minimum atomic E-state index is -0.250. The van der Waals surface area contributed by atoms with Gasteiger partial charge in [-0.15, -0.1) is 12.4 Å². The molecule has 14 heavy (non-hydrogen) atoms. The Morgan fingerprint density at radius 2 is 2.07 bits per heavy atom. The third-order valence-corrected chi connectivity index (χ3v) is 2.05. The lowest BCUT2D eigenvalue weighted by molar-refractivity contribution is 0.265. The Morgan fingerprint density at radius 3 is 2.64 bits per heavy atom. The Kier molecular flexibility index (Phi) is 5.53. The van der Waals surface area contributed by atoms with Crippen molar-refractivity contribution in [2.75, 3.05) is 6.61 Å². The van der Waals surface area contributed by atoms with Crippen LogP contribution in [0.1, 0.15) is 11.1 Å². The first-order valence-electron chi connectivity index (χ1n) is 4.28. The minimum absolute atomic E-state index is 0. The summed E-state index contributed by atoms with van der Waals surface area (Å²) in [5, 5.41) is 18.0. The highest BCUT2D eigenvalue weighted by molar-refractivity contribution is 5.85. The first-order chi connectivity index (χ1) is 6.13. The average molecular weight is 218 g/mol. The topological polar surface area (TPSA) is 66.5 Å². The van der Waals surface area contributed by atoms with Crippen LogP contribution in [0, 0.1) is 6.92 Å². The fraction of sp³-hybridized carbons (Fsp3) is 0.400. The first kappa shape index (κ1) is 13.2. The van der Waals surface area contributed by atoms with Crippen molar-refractivity contribution in [3.63, 3.8) is 0 Å². The molecule has 0 aromatic heterocycles. The van der Waals surface area contributed by atoms with Crippen molar-refractivity contribution in [3.05, 3.63) is 29.3 Å². The quantitative estimate of drug-likeness (QED) is 0.707. The fourth-order valence-electron chi connectivity index (χ4n) is 1.22. The zero-order chi connectivity index (χ0) is 9.84. The number of halogens is 1. The maximum atomic E-state index is 9.22. The summed E-state index contributed by atoms with van der Waals surface area (Å²) in [5.41, 5.74) is 7.66. The number of rotatable bonds is 3. The van der Waals surface area contributed by atoms with Gasteiger partial charge >= 0.3 is 0 Å². The van der Waals surface area contributed by atoms with Crippen LogP contribution in [0.4, 0.5) is 0 Å². The lowest BCUT2D eigenvalue weighted by atomic mass is 10.0. The second-order valence-electron chi connectivity index (χ2n) is 3.26. The average Bonchev–Trinajstić information content (AvgIpc) is 2.11. The van der Waals surface area contributed by atoms with Gasteiger partial charge in [-0.25, -0.2) is 0 Å². The van der Waals surface area contributed by atoms with Crippen molar-refractivity contribution in [2.45, 2.75) is 19.4 Å². The van der Waals surface area contributed by atoms with Crippen molar-refractivity contribution < 1.29 is 10.2 Å². The van der Waals surface area contributed by atoms with Crippen LogP contribution in [-0.4, -0.2) is 22.9 Å². The van der Waals surface area contributed by atoms with Crippen molar-refractivity contribution in [3.8, 4) is 5.75 Å². The minimum Gasteiger partial charge on any atom is -0.508 e. The zero-order valence-corrected chi connectivity index (χ0v) is 8.92. The third kappa shape index (κ3) is 3.54. The second-order valence-corrected chi connectivity index (χ2v) is 3.26. The summed E-state index contributed by atoms with van der Waals surface area (Å²) in [5.74, 6) is 0.241. The van der Waals surface area contributed by atoms with Crippen LogP contribution in [0.25, 0.3) is 0 Å². The lowest BCUT2D eigenvalue weighted by Gasteiger charge is -2.10. The van der Waals surface area contributed by atoms with E-state index in [1.54, 1.807) is 12.1 Å². The van der Waals surface area contributed by atoms with Crippen LogP contribution in [0.2, 0.25) is 0 Å². The van der Waals surface area contributed by atoms with Gasteiger partial charge in [0.1, 0.15) is 5.75 Å². The van der Waals surface area contributed by atoms with Crippen LogP contribution >= 0.6 is 12.4 Å². The van der Waals surface area contributed by atoms with Crippen molar-refractivity contribution >= 4 is 12.4 Å². The number of aromatic hydroxyl groups is 1. The zero-order valence-electron chi connectivity index (χ0n) is 8.10. The smallest absolute Gasteiger partial charge is 0.115 e. The van der Waals surface area contributed by atoms with Crippen molar-refractivity contribution in [1.82, 2.24) is 0 Å². The largest absolute Gasteiger partial charge is 0.508 e. The predicted molar refractivity (Wildman–Crippen MR) is 58.9 cm³/mol. The Balaban J connectivity index is 0.00000169. The summed E-state index contributed by atoms with van der Waals surface area (Å²) in [6.07, 6.45) is 0.594. The van der Waals surface area contributed by atoms with E-state index in [9.17, 15) is 5.11 Å². The molecule has 1 aromatic carbocycles. The van der Waals surface area contributed by atoms with Crippen LogP contribution in [0.3, 0.4) is 0 Å². The molecule has 0 amide bonds. The number of phenolic OH excluding ortho intramolecular Hbond substituents is 1. The summed E-state index contributed by atoms with van der Waals surface area (Å²) in [6.45, 7) is 1.92. The lowest BCUT2D eigenvalue weighted by Crippen LogP contribution is -2.27. The molecule has 0 aliphatic heterocycles. The molecule has 1 atom stereocenters. The molecule has 0 heterocycles. The molecule has 0 aliphatic rings. The Bertz CT molecular complexity index is 291. The Labute approximate surface area is 90.0 Å². The molecule has 0 fully saturated rings. The number of aryl methyl sites for hydroxylation is 1. The molecular formula is C10H16ClNO2. The number of hydrogen-bond acceptors (Lipinski definition) is 3. The van der Waals surface area contributed by atoms with E-state index in [4.69, 9.17) is 10.8 Å². The number of aliphatic hydroxyl groups excluding tert-OH is 1. The molecule has 0 bridgehead atoms. The normalized spacial score (nSPS) is 11.9. The summed E-state index contributed by atoms with van der Waals surface area (Å²) in [6, 6.07) is 4.92. The number of hydrogen-bond donors (Lipinski definition) is 3. The summed E-state index contributed by atoms with van der Waals surface area (Å²) >= 11 is 0. The van der Waals surface area contributed by atoms with Gasteiger partial charge in [0.2, 0.25) is 0 Å². The molecule has 3 nitrogen and oxygen atoms in total. The van der Waals surface area contributed by atoms with Gasteiger partial charge in [-0.1, -0.05) is 6.07 Å². The molecule has 4 heteroatoms. The number of benzene rings is 1. The van der Waals surface area contributed by atoms with E-state index >= 15 is 0 Å². The number of aliphatic hydroxyl groups is 1. The maximum Gasteiger partial charge on any atom is 0.115 e. The third-order valence-electron chi connectivity index (χ3n) is 2.05. The van der Waals surface area contributed by atoms with E-state index in [1.165, 1.54) is 0 Å². The van der Waals surface area contributed by atoms with Crippen LogP contribution in [0.15, 0.2) is 18.2 Å². The molecule has 4 N–H and O–H groups in total. The highest BCUT2D eigenvalue weighted by Crippen LogP contribution is 2.16. The second kappa shape index (κ2) is 5.86. The molecule has 1 rings (SSSR count). The van der Waals surface area contributed by atoms with Gasteiger partial charge in [-0.3, -0.25) is 0 Å². The van der Waals surface area contributed by atoms with Crippen molar-refractivity contribution in [2.24, 2.45) is 5.73 Å². The van der Waals surface area contributed by atoms with Crippen LogP contribution < -0.4 is 5.73 Å². The summed E-state index contributed by atoms with van der Waals surface area (Å²) < 4.78 is 0. The fourth-order valence-corrected chi connectivity index (χ4v) is 1.22. The highest BCUT2D eigenvalue weighted by Gasteiger charge is 2.05. The van der Waals surface area contributed by atoms with E-state index in [0.717, 1.165) is 11.1 Å². The monoisotopic (exact) mass is 217 g/mol. The van der Waals surface area contributed by atoms with E-state index < -0.39 is 0 Å². The molecule has 0 saturated heterocycles. The highest BCUT2D eigenvalue weighted by atomic mass is 35.5. The van der Waals surface area contributed by atoms with E-state index in [0.29, 0.717) is 6.42 Å². The summed E-state index contributed by atoms with van der Waals surface area (Å²) in [4.78, 5) is 0. The maximum absolute atomic E-state index is 9.22. The molecular weight excluding hydrogens is 202 g/mol. The van der Waals surface area contributed by atoms with Gasteiger partial charge in [0, 0.05) is 6.04 Å². The number of phenols is 1. The Morgan fingerprint density at radius 1 is 1.43 bits per heavy atom. The molecule has 1 aromatic rings. The Hall–Kier alpha value is -0.770. The predicted octanol–water partition coefficient (Wildman–Crippen LogP) is 0.985. The van der Waals surface area contributed by atoms with Gasteiger partial charge in [0.05, 0.1) is 6.61 Å². The van der Waals surface area contributed by atoms with Gasteiger partial charge in [0.25, 0.3) is 0 Å². The van der Waals surface area contributed by atoms with Crippen LogP contribution in [0.5, 0.6) is 5.75 Å². The molecule has 1 unspecified atom stereocenters. The molecule has 80 valence electrons. The van der Waals surface area contributed by atoms with Crippen molar-refractivity contribution in [1.29, 1.82) is 0 Å². The SMILES string of the molecule is Cc1ccc(O)cc1CC(N)CO.Cl. The van der Waals surface area contributed by atoms with Crippen LogP contribution in [-0.2, 0) is 6.42 Å². The molecule has 0 radical (unpaired) electrons. The van der Waals surface area contributed by atoms with E-state index in [2.05, 4.69) is 0 Å². The number of nitrogens with two attached hydrogens (primary N) is 1. The van der Waals surface area contributed by atoms with E-state index in [1.807, 2.05) is 13.0 Å².